The lowest BCUT2D eigenvalue weighted by Crippen LogP contribution is -2.22. The molecule has 1 rings (SSSR count). The normalized spacial score (nSPS) is 9.92. The Bertz CT molecular complexity index is 374. The summed E-state index contributed by atoms with van der Waals surface area (Å²) in [5.41, 5.74) is -1.04. The van der Waals surface area contributed by atoms with Crippen LogP contribution in [0.3, 0.4) is 0 Å². The first kappa shape index (κ1) is 9.73. The molecule has 5 nitrogen and oxygen atoms in total. The Labute approximate surface area is 78.7 Å². The summed E-state index contributed by atoms with van der Waals surface area (Å²) >= 11 is 5.41. The fourth-order valence-electron chi connectivity index (χ4n) is 0.930. The van der Waals surface area contributed by atoms with Crippen molar-refractivity contribution in [3.8, 4) is 0 Å². The predicted octanol–water partition coefficient (Wildman–Crippen LogP) is 0.995. The van der Waals surface area contributed by atoms with Gasteiger partial charge >= 0.3 is 11.2 Å². The molecule has 70 valence electrons. The Morgan fingerprint density at radius 3 is 2.85 bits per heavy atom. The second kappa shape index (κ2) is 4.04. The summed E-state index contributed by atoms with van der Waals surface area (Å²) in [4.78, 5) is 20.9. The van der Waals surface area contributed by atoms with E-state index in [4.69, 9.17) is 11.6 Å². The smallest absolute Gasteiger partial charge is 0.308 e. The second-order valence-electron chi connectivity index (χ2n) is 2.34. The van der Waals surface area contributed by atoms with Crippen LogP contribution >= 0.6 is 11.6 Å². The number of alkyl halides is 1. The molecule has 1 heterocycles. The highest BCUT2D eigenvalue weighted by Gasteiger charge is 2.12. The van der Waals surface area contributed by atoms with Gasteiger partial charge in [-0.1, -0.05) is 0 Å². The number of nitro groups is 1. The van der Waals surface area contributed by atoms with Crippen molar-refractivity contribution in [2.75, 3.05) is 5.88 Å². The Morgan fingerprint density at radius 1 is 1.62 bits per heavy atom. The van der Waals surface area contributed by atoms with E-state index in [1.165, 1.54) is 22.9 Å². The van der Waals surface area contributed by atoms with E-state index >= 15 is 0 Å². The Hall–Kier alpha value is -1.36. The van der Waals surface area contributed by atoms with Crippen molar-refractivity contribution >= 4 is 17.3 Å². The van der Waals surface area contributed by atoms with Gasteiger partial charge in [-0.05, 0) is 6.07 Å². The van der Waals surface area contributed by atoms with E-state index in [0.29, 0.717) is 0 Å². The molecule has 13 heavy (non-hydrogen) atoms. The van der Waals surface area contributed by atoms with E-state index < -0.39 is 16.2 Å². The molecule has 0 atom stereocenters. The number of nitrogens with zero attached hydrogens (tertiary/aromatic N) is 2. The number of pyridine rings is 1. The molecule has 0 saturated carbocycles. The van der Waals surface area contributed by atoms with Gasteiger partial charge in [0.05, 0.1) is 4.92 Å². The first-order chi connectivity index (χ1) is 6.16. The SMILES string of the molecule is O=c1c([N+](=O)[O-])cccn1CCCl. The van der Waals surface area contributed by atoms with E-state index in [2.05, 4.69) is 0 Å². The zero-order valence-electron chi connectivity index (χ0n) is 6.64. The minimum Gasteiger partial charge on any atom is -0.308 e. The lowest BCUT2D eigenvalue weighted by Gasteiger charge is -2.00. The highest BCUT2D eigenvalue weighted by Crippen LogP contribution is 2.01. The van der Waals surface area contributed by atoms with Crippen LogP contribution in [0.25, 0.3) is 0 Å². The van der Waals surface area contributed by atoms with Gasteiger partial charge in [0.25, 0.3) is 0 Å². The minimum absolute atomic E-state index is 0.251. The molecule has 0 aliphatic rings. The summed E-state index contributed by atoms with van der Waals surface area (Å²) < 4.78 is 1.21. The van der Waals surface area contributed by atoms with E-state index in [-0.39, 0.29) is 12.4 Å². The minimum atomic E-state index is -0.701. The number of halogens is 1. The topological polar surface area (TPSA) is 65.1 Å². The fourth-order valence-corrected chi connectivity index (χ4v) is 1.11. The lowest BCUT2D eigenvalue weighted by molar-refractivity contribution is -0.386. The maximum Gasteiger partial charge on any atom is 0.334 e. The quantitative estimate of drug-likeness (QED) is 0.417. The van der Waals surface area contributed by atoms with Crippen molar-refractivity contribution in [3.05, 3.63) is 38.8 Å². The second-order valence-corrected chi connectivity index (χ2v) is 2.72. The molecule has 0 aliphatic carbocycles. The van der Waals surface area contributed by atoms with Gasteiger partial charge in [-0.25, -0.2) is 0 Å². The fraction of sp³-hybridized carbons (Fsp3) is 0.286. The number of aryl methyl sites for hydroxylation is 1. The summed E-state index contributed by atoms with van der Waals surface area (Å²) in [5.74, 6) is 0.251. The average Bonchev–Trinajstić information content (AvgIpc) is 2.08. The molecule has 6 heteroatoms. The Balaban J connectivity index is 3.19. The first-order valence-corrected chi connectivity index (χ1v) is 4.10. The highest BCUT2D eigenvalue weighted by atomic mass is 35.5. The van der Waals surface area contributed by atoms with Gasteiger partial charge in [0.1, 0.15) is 0 Å². The van der Waals surface area contributed by atoms with Gasteiger partial charge in [0.15, 0.2) is 0 Å². The number of rotatable bonds is 3. The zero-order chi connectivity index (χ0) is 9.84. The molecular formula is C7H7ClN2O3. The maximum absolute atomic E-state index is 11.3. The molecule has 0 bridgehead atoms. The van der Waals surface area contributed by atoms with Crippen LogP contribution in [0.4, 0.5) is 5.69 Å². The number of hydrogen-bond donors (Lipinski definition) is 0. The third-order valence-electron chi connectivity index (χ3n) is 1.52. The number of hydrogen-bond acceptors (Lipinski definition) is 3. The molecule has 0 saturated heterocycles. The molecular weight excluding hydrogens is 196 g/mol. The summed E-state index contributed by atoms with van der Waals surface area (Å²) in [7, 11) is 0. The van der Waals surface area contributed by atoms with Crippen LogP contribution in [-0.4, -0.2) is 15.4 Å². The van der Waals surface area contributed by atoms with Crippen LogP contribution in [0.1, 0.15) is 0 Å². The van der Waals surface area contributed by atoms with Gasteiger partial charge in [-0.3, -0.25) is 14.9 Å². The third kappa shape index (κ3) is 2.06. The molecule has 0 unspecified atom stereocenters. The summed E-state index contributed by atoms with van der Waals surface area (Å²) in [5, 5.41) is 10.3. The summed E-state index contributed by atoms with van der Waals surface area (Å²) in [6.45, 7) is 0.280. The van der Waals surface area contributed by atoms with E-state index in [0.717, 1.165) is 0 Å². The summed E-state index contributed by atoms with van der Waals surface area (Å²) in [6, 6.07) is 2.62. The van der Waals surface area contributed by atoms with Gasteiger partial charge in [-0.15, -0.1) is 11.6 Å². The van der Waals surface area contributed by atoms with Crippen molar-refractivity contribution in [2.45, 2.75) is 6.54 Å². The van der Waals surface area contributed by atoms with Crippen LogP contribution in [0.5, 0.6) is 0 Å². The van der Waals surface area contributed by atoms with E-state index in [1.54, 1.807) is 0 Å². The summed E-state index contributed by atoms with van der Waals surface area (Å²) in [6.07, 6.45) is 1.47. The Kier molecular flexibility index (Phi) is 3.02. The van der Waals surface area contributed by atoms with Crippen LogP contribution < -0.4 is 5.56 Å². The lowest BCUT2D eigenvalue weighted by atomic mass is 10.4. The van der Waals surface area contributed by atoms with Crippen LogP contribution in [0.15, 0.2) is 23.1 Å². The van der Waals surface area contributed by atoms with Crippen LogP contribution in [-0.2, 0) is 6.54 Å². The van der Waals surface area contributed by atoms with Gasteiger partial charge < -0.3 is 4.57 Å². The molecule has 0 spiro atoms. The van der Waals surface area contributed by atoms with Crippen molar-refractivity contribution < 1.29 is 4.92 Å². The van der Waals surface area contributed by atoms with Crippen molar-refractivity contribution in [3.63, 3.8) is 0 Å². The molecule has 1 aromatic heterocycles. The largest absolute Gasteiger partial charge is 0.334 e. The zero-order valence-corrected chi connectivity index (χ0v) is 7.40. The standard InChI is InChI=1S/C7H7ClN2O3/c8-3-5-9-4-1-2-6(7(9)11)10(12)13/h1-2,4H,3,5H2. The van der Waals surface area contributed by atoms with Gasteiger partial charge in [0, 0.05) is 24.7 Å². The monoisotopic (exact) mass is 202 g/mol. The molecule has 1 aromatic rings. The maximum atomic E-state index is 11.3. The first-order valence-electron chi connectivity index (χ1n) is 3.56. The molecule has 0 aliphatic heterocycles. The third-order valence-corrected chi connectivity index (χ3v) is 1.69. The predicted molar refractivity (Wildman–Crippen MR) is 48.1 cm³/mol. The number of aromatic nitrogens is 1. The van der Waals surface area contributed by atoms with E-state index in [1.807, 2.05) is 0 Å². The van der Waals surface area contributed by atoms with Crippen LogP contribution in [0, 0.1) is 10.1 Å². The van der Waals surface area contributed by atoms with Crippen molar-refractivity contribution in [2.24, 2.45) is 0 Å². The Morgan fingerprint density at radius 2 is 2.31 bits per heavy atom. The molecule has 0 amide bonds. The molecule has 0 aromatic carbocycles. The molecule has 0 radical (unpaired) electrons. The van der Waals surface area contributed by atoms with Crippen molar-refractivity contribution in [1.82, 2.24) is 4.57 Å². The molecule has 0 fully saturated rings. The average molecular weight is 203 g/mol. The van der Waals surface area contributed by atoms with Crippen molar-refractivity contribution in [1.29, 1.82) is 0 Å². The van der Waals surface area contributed by atoms with Crippen LogP contribution in [0.2, 0.25) is 0 Å². The van der Waals surface area contributed by atoms with Gasteiger partial charge in [-0.2, -0.15) is 0 Å². The highest BCUT2D eigenvalue weighted by molar-refractivity contribution is 6.17. The molecule has 0 N–H and O–H groups in total. The van der Waals surface area contributed by atoms with Gasteiger partial charge in [0.2, 0.25) is 0 Å². The van der Waals surface area contributed by atoms with E-state index in [9.17, 15) is 14.9 Å².